The summed E-state index contributed by atoms with van der Waals surface area (Å²) in [5.41, 5.74) is 2.35. The maximum atomic E-state index is 13.2. The molecule has 2 aliphatic rings. The monoisotopic (exact) mass is 466 g/mol. The van der Waals surface area contributed by atoms with E-state index in [2.05, 4.69) is 10.4 Å². The number of aromatic nitrogens is 2. The summed E-state index contributed by atoms with van der Waals surface area (Å²) >= 11 is 0. The van der Waals surface area contributed by atoms with Gasteiger partial charge in [0.25, 0.3) is 0 Å². The Morgan fingerprint density at radius 2 is 1.79 bits per heavy atom. The number of sulfone groups is 1. The Balaban J connectivity index is 1.40. The van der Waals surface area contributed by atoms with E-state index < -0.39 is 15.8 Å². The van der Waals surface area contributed by atoms with Crippen molar-refractivity contribution in [2.24, 2.45) is 5.92 Å². The molecular formula is C23H22N4O5S. The number of methoxy groups -OCH3 is 1. The Kier molecular flexibility index (Phi) is 5.16. The molecule has 0 spiro atoms. The van der Waals surface area contributed by atoms with Crippen molar-refractivity contribution in [2.45, 2.75) is 17.9 Å². The summed E-state index contributed by atoms with van der Waals surface area (Å²) in [6.07, 6.45) is 0.0673. The normalized spacial score (nSPS) is 18.9. The Labute approximate surface area is 190 Å². The molecule has 3 aromatic rings. The van der Waals surface area contributed by atoms with Crippen molar-refractivity contribution in [1.82, 2.24) is 9.78 Å². The van der Waals surface area contributed by atoms with Gasteiger partial charge in [0, 0.05) is 24.2 Å². The Morgan fingerprint density at radius 3 is 2.48 bits per heavy atom. The predicted molar refractivity (Wildman–Crippen MR) is 122 cm³/mol. The van der Waals surface area contributed by atoms with Crippen molar-refractivity contribution >= 4 is 33.2 Å². The van der Waals surface area contributed by atoms with Gasteiger partial charge in [0.2, 0.25) is 11.8 Å². The first-order valence-corrected chi connectivity index (χ1v) is 12.3. The summed E-state index contributed by atoms with van der Waals surface area (Å²) < 4.78 is 31.0. The zero-order valence-electron chi connectivity index (χ0n) is 17.9. The SMILES string of the molecule is COc1ccc(N2C[C@H](C(=O)Nc3c4c(nn3-c3ccccc3)CS(=O)(=O)C4)CC2=O)cc1. The molecule has 2 amide bonds. The number of nitrogens with zero attached hydrogens (tertiary/aromatic N) is 3. The lowest BCUT2D eigenvalue weighted by atomic mass is 10.1. The third-order valence-electron chi connectivity index (χ3n) is 5.91. The third kappa shape index (κ3) is 3.97. The summed E-state index contributed by atoms with van der Waals surface area (Å²) in [4.78, 5) is 27.4. The zero-order valence-corrected chi connectivity index (χ0v) is 18.7. The second kappa shape index (κ2) is 8.04. The van der Waals surface area contributed by atoms with E-state index >= 15 is 0 Å². The smallest absolute Gasteiger partial charge is 0.230 e. The molecule has 0 bridgehead atoms. The predicted octanol–water partition coefficient (Wildman–Crippen LogP) is 2.30. The van der Waals surface area contributed by atoms with Gasteiger partial charge < -0.3 is 15.0 Å². The van der Waals surface area contributed by atoms with Gasteiger partial charge in [-0.15, -0.1) is 0 Å². The largest absolute Gasteiger partial charge is 0.497 e. The minimum Gasteiger partial charge on any atom is -0.497 e. The number of nitrogens with one attached hydrogen (secondary N) is 1. The van der Waals surface area contributed by atoms with Crippen molar-refractivity contribution in [1.29, 1.82) is 0 Å². The molecule has 170 valence electrons. The number of carbonyl (C=O) groups is 2. The van der Waals surface area contributed by atoms with Gasteiger partial charge in [-0.2, -0.15) is 5.10 Å². The number of para-hydroxylation sites is 1. The van der Waals surface area contributed by atoms with Crippen LogP contribution in [0.4, 0.5) is 11.5 Å². The maximum absolute atomic E-state index is 13.2. The van der Waals surface area contributed by atoms with Crippen molar-refractivity contribution in [3.63, 3.8) is 0 Å². The quantitative estimate of drug-likeness (QED) is 0.618. The van der Waals surface area contributed by atoms with Crippen LogP contribution in [0.5, 0.6) is 5.75 Å². The van der Waals surface area contributed by atoms with E-state index in [0.29, 0.717) is 34.2 Å². The molecule has 0 unspecified atom stereocenters. The van der Waals surface area contributed by atoms with Crippen molar-refractivity contribution in [2.75, 3.05) is 23.9 Å². The molecule has 0 radical (unpaired) electrons. The van der Waals surface area contributed by atoms with Crippen LogP contribution in [-0.4, -0.2) is 43.7 Å². The first-order valence-electron chi connectivity index (χ1n) is 10.5. The van der Waals surface area contributed by atoms with E-state index in [1.807, 2.05) is 30.3 Å². The topological polar surface area (TPSA) is 111 Å². The van der Waals surface area contributed by atoms with Gasteiger partial charge in [-0.25, -0.2) is 13.1 Å². The summed E-state index contributed by atoms with van der Waals surface area (Å²) in [7, 11) is -1.73. The molecule has 10 heteroatoms. The first-order chi connectivity index (χ1) is 15.8. The van der Waals surface area contributed by atoms with Gasteiger partial charge in [-0.05, 0) is 36.4 Å². The van der Waals surface area contributed by atoms with E-state index in [9.17, 15) is 18.0 Å². The fourth-order valence-corrected chi connectivity index (χ4v) is 5.73. The molecule has 0 saturated carbocycles. The van der Waals surface area contributed by atoms with Gasteiger partial charge in [-0.3, -0.25) is 9.59 Å². The number of fused-ring (bicyclic) bond motifs is 1. The Bertz CT molecular complexity index is 1330. The zero-order chi connectivity index (χ0) is 23.2. The van der Waals surface area contributed by atoms with Crippen LogP contribution in [-0.2, 0) is 30.9 Å². The number of hydrogen-bond acceptors (Lipinski definition) is 6. The highest BCUT2D eigenvalue weighted by atomic mass is 32.2. The van der Waals surface area contributed by atoms with Gasteiger partial charge in [0.15, 0.2) is 9.84 Å². The molecule has 0 aliphatic carbocycles. The lowest BCUT2D eigenvalue weighted by Crippen LogP contribution is -2.29. The van der Waals surface area contributed by atoms with Gasteiger partial charge in [0.1, 0.15) is 11.6 Å². The Hall–Kier alpha value is -3.66. The molecule has 2 aromatic carbocycles. The van der Waals surface area contributed by atoms with E-state index in [1.165, 1.54) is 0 Å². The number of anilines is 2. The number of benzene rings is 2. The maximum Gasteiger partial charge on any atom is 0.230 e. The summed E-state index contributed by atoms with van der Waals surface area (Å²) in [5, 5.41) is 7.34. The molecule has 2 aliphatic heterocycles. The van der Waals surface area contributed by atoms with Crippen molar-refractivity contribution in [3.05, 3.63) is 65.9 Å². The average molecular weight is 467 g/mol. The number of amides is 2. The number of ether oxygens (including phenoxy) is 1. The lowest BCUT2D eigenvalue weighted by molar-refractivity contribution is -0.122. The van der Waals surface area contributed by atoms with Gasteiger partial charge >= 0.3 is 0 Å². The average Bonchev–Trinajstić information content (AvgIpc) is 3.44. The van der Waals surface area contributed by atoms with Crippen LogP contribution >= 0.6 is 0 Å². The van der Waals surface area contributed by atoms with Crippen LogP contribution < -0.4 is 15.0 Å². The summed E-state index contributed by atoms with van der Waals surface area (Å²) in [6.45, 7) is 0.233. The number of carbonyl (C=O) groups excluding carboxylic acids is 2. The van der Waals surface area contributed by atoms with Gasteiger partial charge in [-0.1, -0.05) is 18.2 Å². The molecule has 1 N–H and O–H groups in total. The Morgan fingerprint density at radius 1 is 1.06 bits per heavy atom. The van der Waals surface area contributed by atoms with Gasteiger partial charge in [0.05, 0.1) is 35.9 Å². The highest BCUT2D eigenvalue weighted by molar-refractivity contribution is 7.90. The van der Waals surface area contributed by atoms with E-state index in [0.717, 1.165) is 0 Å². The summed E-state index contributed by atoms with van der Waals surface area (Å²) in [5.74, 6) is -0.374. The molecular weight excluding hydrogens is 444 g/mol. The van der Waals surface area contributed by atoms with E-state index in [1.54, 1.807) is 41.0 Å². The van der Waals surface area contributed by atoms with Crippen LogP contribution in [0.3, 0.4) is 0 Å². The van der Waals surface area contributed by atoms with Crippen LogP contribution in [0.25, 0.3) is 5.69 Å². The van der Waals surface area contributed by atoms with Crippen LogP contribution in [0.1, 0.15) is 17.7 Å². The molecule has 3 heterocycles. The van der Waals surface area contributed by atoms with Crippen molar-refractivity contribution in [3.8, 4) is 11.4 Å². The van der Waals surface area contributed by atoms with Crippen molar-refractivity contribution < 1.29 is 22.7 Å². The van der Waals surface area contributed by atoms with Crippen LogP contribution in [0, 0.1) is 5.92 Å². The second-order valence-electron chi connectivity index (χ2n) is 8.15. The van der Waals surface area contributed by atoms with E-state index in [4.69, 9.17) is 4.74 Å². The molecule has 1 aromatic heterocycles. The highest BCUT2D eigenvalue weighted by Gasteiger charge is 2.38. The molecule has 1 atom stereocenters. The van der Waals surface area contributed by atoms with Crippen LogP contribution in [0.15, 0.2) is 54.6 Å². The number of rotatable bonds is 5. The molecule has 1 saturated heterocycles. The van der Waals surface area contributed by atoms with E-state index in [-0.39, 0.29) is 36.3 Å². The lowest BCUT2D eigenvalue weighted by Gasteiger charge is -2.17. The highest BCUT2D eigenvalue weighted by Crippen LogP contribution is 2.34. The first kappa shape index (κ1) is 21.2. The van der Waals surface area contributed by atoms with Crippen LogP contribution in [0.2, 0.25) is 0 Å². The standard InChI is InChI=1S/C23H22N4O5S/c1-32-18-9-7-16(8-10-18)26-12-15(11-21(26)28)23(29)24-22-19-13-33(30,31)14-20(19)25-27(22)17-5-3-2-4-6-17/h2-10,15H,11-14H2,1H3,(H,24,29)/t15-/m1/s1. The number of hydrogen-bond donors (Lipinski definition) is 1. The minimum absolute atomic E-state index is 0.0673. The second-order valence-corrected chi connectivity index (χ2v) is 10.2. The molecule has 33 heavy (non-hydrogen) atoms. The minimum atomic E-state index is -3.30. The molecule has 9 nitrogen and oxygen atoms in total. The molecule has 1 fully saturated rings. The fraction of sp³-hybridized carbons (Fsp3) is 0.261. The summed E-state index contributed by atoms with van der Waals surface area (Å²) in [6, 6.07) is 16.3. The third-order valence-corrected chi connectivity index (χ3v) is 7.35. The molecule has 5 rings (SSSR count). The fourth-order valence-electron chi connectivity index (χ4n) is 4.24.